The molecule has 0 spiro atoms. The highest BCUT2D eigenvalue weighted by molar-refractivity contribution is 9.10. The predicted molar refractivity (Wildman–Crippen MR) is 85.5 cm³/mol. The van der Waals surface area contributed by atoms with Crippen molar-refractivity contribution in [3.63, 3.8) is 0 Å². The number of aromatic amines is 2. The maximum atomic E-state index is 11.3. The summed E-state index contributed by atoms with van der Waals surface area (Å²) in [7, 11) is 0. The minimum absolute atomic E-state index is 0.207. The average molecular weight is 352 g/mol. The molecule has 1 unspecified atom stereocenters. The van der Waals surface area contributed by atoms with Crippen molar-refractivity contribution in [1.82, 2.24) is 9.97 Å². The van der Waals surface area contributed by atoms with Crippen molar-refractivity contribution in [2.45, 2.75) is 12.3 Å². The summed E-state index contributed by atoms with van der Waals surface area (Å²) < 4.78 is 1.04. The predicted octanol–water partition coefficient (Wildman–Crippen LogP) is 4.26. The number of imidazole rings is 1. The molecule has 0 saturated heterocycles. The zero-order chi connectivity index (χ0) is 14.3. The summed E-state index contributed by atoms with van der Waals surface area (Å²) in [5, 5.41) is -0.255. The molecule has 20 heavy (non-hydrogen) atoms. The van der Waals surface area contributed by atoms with E-state index < -0.39 is 0 Å². The molecule has 1 heterocycles. The topological polar surface area (TPSA) is 48.6 Å². The Kier molecular flexibility index (Phi) is 3.44. The van der Waals surface area contributed by atoms with Crippen molar-refractivity contribution in [3.8, 4) is 0 Å². The van der Waals surface area contributed by atoms with E-state index in [2.05, 4.69) is 25.9 Å². The molecular weight excluding hydrogens is 340 g/mol. The van der Waals surface area contributed by atoms with Gasteiger partial charge in [0.2, 0.25) is 0 Å². The molecule has 1 aromatic heterocycles. The van der Waals surface area contributed by atoms with Crippen LogP contribution in [0.4, 0.5) is 0 Å². The number of hydrogen-bond donors (Lipinski definition) is 2. The molecule has 0 bridgehead atoms. The third kappa shape index (κ3) is 2.41. The second-order valence-corrected chi connectivity index (χ2v) is 6.05. The lowest BCUT2D eigenvalue weighted by molar-refractivity contribution is 1.13. The minimum atomic E-state index is -0.255. The van der Waals surface area contributed by atoms with E-state index in [1.54, 1.807) is 0 Å². The molecule has 2 N–H and O–H groups in total. The van der Waals surface area contributed by atoms with Crippen molar-refractivity contribution >= 4 is 38.6 Å². The van der Waals surface area contributed by atoms with Gasteiger partial charge in [0.05, 0.1) is 16.4 Å². The molecule has 0 amide bonds. The SMILES string of the molecule is Cc1ccc(C(Cl)c2ccc3[nH]c(=O)[nH]c3c2)cc1Br. The Morgan fingerprint density at radius 1 is 1.05 bits per heavy atom. The van der Waals surface area contributed by atoms with Crippen LogP contribution < -0.4 is 5.69 Å². The van der Waals surface area contributed by atoms with E-state index in [4.69, 9.17) is 11.6 Å². The molecule has 3 nitrogen and oxygen atoms in total. The van der Waals surface area contributed by atoms with Crippen LogP contribution in [0.3, 0.4) is 0 Å². The van der Waals surface area contributed by atoms with Crippen LogP contribution in [-0.4, -0.2) is 9.97 Å². The number of rotatable bonds is 2. The summed E-state index contributed by atoms with van der Waals surface area (Å²) in [6.07, 6.45) is 0. The summed E-state index contributed by atoms with van der Waals surface area (Å²) in [4.78, 5) is 16.7. The molecular formula is C15H12BrClN2O. The number of fused-ring (bicyclic) bond motifs is 1. The van der Waals surface area contributed by atoms with Crippen LogP contribution in [-0.2, 0) is 0 Å². The number of halogens is 2. The van der Waals surface area contributed by atoms with E-state index >= 15 is 0 Å². The second-order valence-electron chi connectivity index (χ2n) is 4.76. The van der Waals surface area contributed by atoms with E-state index in [1.165, 1.54) is 5.56 Å². The van der Waals surface area contributed by atoms with Gasteiger partial charge in [0.15, 0.2) is 0 Å². The lowest BCUT2D eigenvalue weighted by atomic mass is 10.0. The Bertz CT molecular complexity index is 837. The number of benzene rings is 2. The van der Waals surface area contributed by atoms with Gasteiger partial charge >= 0.3 is 5.69 Å². The van der Waals surface area contributed by atoms with Crippen LogP contribution in [0, 0.1) is 6.92 Å². The highest BCUT2D eigenvalue weighted by atomic mass is 79.9. The standard InChI is InChI=1S/C15H12BrClN2O/c1-8-2-3-9(6-11(8)16)14(17)10-4-5-12-13(7-10)19-15(20)18-12/h2-7,14H,1H3,(H2,18,19,20). The van der Waals surface area contributed by atoms with Gasteiger partial charge in [-0.15, -0.1) is 11.6 Å². The molecule has 3 aromatic rings. The third-order valence-electron chi connectivity index (χ3n) is 3.32. The van der Waals surface area contributed by atoms with E-state index in [9.17, 15) is 4.79 Å². The molecule has 0 aliphatic heterocycles. The van der Waals surface area contributed by atoms with Crippen LogP contribution in [0.1, 0.15) is 22.1 Å². The molecule has 0 fully saturated rings. The zero-order valence-corrected chi connectivity index (χ0v) is 13.0. The van der Waals surface area contributed by atoms with Gasteiger partial charge in [-0.3, -0.25) is 0 Å². The van der Waals surface area contributed by atoms with Crippen molar-refractivity contribution in [3.05, 3.63) is 68.0 Å². The summed E-state index contributed by atoms with van der Waals surface area (Å²) in [6, 6.07) is 11.8. The molecule has 0 radical (unpaired) electrons. The molecule has 102 valence electrons. The monoisotopic (exact) mass is 350 g/mol. The summed E-state index contributed by atoms with van der Waals surface area (Å²) in [6.45, 7) is 2.04. The number of nitrogens with one attached hydrogen (secondary N) is 2. The van der Waals surface area contributed by atoms with Gasteiger partial charge < -0.3 is 9.97 Å². The fourth-order valence-corrected chi connectivity index (χ4v) is 2.83. The first-order valence-corrected chi connectivity index (χ1v) is 7.39. The number of H-pyrrole nitrogens is 2. The summed E-state index contributed by atoms with van der Waals surface area (Å²) in [5.74, 6) is 0. The quantitative estimate of drug-likeness (QED) is 0.666. The molecule has 0 saturated carbocycles. The van der Waals surface area contributed by atoms with E-state index in [-0.39, 0.29) is 11.1 Å². The van der Waals surface area contributed by atoms with Gasteiger partial charge in [0.1, 0.15) is 0 Å². The first kappa shape index (κ1) is 13.5. The highest BCUT2D eigenvalue weighted by Gasteiger charge is 2.13. The van der Waals surface area contributed by atoms with Gasteiger partial charge in [-0.1, -0.05) is 34.1 Å². The number of aryl methyl sites for hydroxylation is 1. The van der Waals surface area contributed by atoms with Crippen LogP contribution in [0.15, 0.2) is 45.7 Å². The Morgan fingerprint density at radius 2 is 1.70 bits per heavy atom. The van der Waals surface area contributed by atoms with Crippen molar-refractivity contribution in [2.75, 3.05) is 0 Å². The van der Waals surface area contributed by atoms with Crippen molar-refractivity contribution in [2.24, 2.45) is 0 Å². The molecule has 3 rings (SSSR count). The van der Waals surface area contributed by atoms with Gasteiger partial charge in [-0.25, -0.2) is 4.79 Å². The molecule has 2 aromatic carbocycles. The highest BCUT2D eigenvalue weighted by Crippen LogP contribution is 2.32. The molecule has 0 aliphatic carbocycles. The Hall–Kier alpha value is -1.52. The van der Waals surface area contributed by atoms with Crippen molar-refractivity contribution < 1.29 is 0 Å². The van der Waals surface area contributed by atoms with Crippen LogP contribution in [0.2, 0.25) is 0 Å². The average Bonchev–Trinajstić information content (AvgIpc) is 2.80. The fraction of sp³-hybridized carbons (Fsp3) is 0.133. The van der Waals surface area contributed by atoms with E-state index in [1.807, 2.05) is 43.3 Å². The number of alkyl halides is 1. The first-order valence-electron chi connectivity index (χ1n) is 6.16. The maximum Gasteiger partial charge on any atom is 0.323 e. The second kappa shape index (κ2) is 5.11. The molecule has 1 atom stereocenters. The zero-order valence-electron chi connectivity index (χ0n) is 10.7. The normalized spacial score (nSPS) is 12.8. The smallest absolute Gasteiger partial charge is 0.306 e. The first-order chi connectivity index (χ1) is 9.54. The number of aromatic nitrogens is 2. The van der Waals surface area contributed by atoms with E-state index in [0.29, 0.717) is 0 Å². The van der Waals surface area contributed by atoms with Crippen LogP contribution in [0.5, 0.6) is 0 Å². The molecule has 5 heteroatoms. The van der Waals surface area contributed by atoms with Gasteiger partial charge in [0, 0.05) is 4.47 Å². The Morgan fingerprint density at radius 3 is 2.45 bits per heavy atom. The van der Waals surface area contributed by atoms with Gasteiger partial charge in [-0.2, -0.15) is 0 Å². The van der Waals surface area contributed by atoms with Crippen molar-refractivity contribution in [1.29, 1.82) is 0 Å². The van der Waals surface area contributed by atoms with Crippen LogP contribution in [0.25, 0.3) is 11.0 Å². The third-order valence-corrected chi connectivity index (χ3v) is 4.68. The Balaban J connectivity index is 2.04. The number of hydrogen-bond acceptors (Lipinski definition) is 1. The lowest BCUT2D eigenvalue weighted by Gasteiger charge is -2.12. The van der Waals surface area contributed by atoms with Gasteiger partial charge in [0.25, 0.3) is 0 Å². The summed E-state index contributed by atoms with van der Waals surface area (Å²) in [5.41, 5.74) is 4.48. The van der Waals surface area contributed by atoms with Gasteiger partial charge in [-0.05, 0) is 41.8 Å². The van der Waals surface area contributed by atoms with Crippen LogP contribution >= 0.6 is 27.5 Å². The fourth-order valence-electron chi connectivity index (χ4n) is 2.17. The maximum absolute atomic E-state index is 11.3. The summed E-state index contributed by atoms with van der Waals surface area (Å²) >= 11 is 10.1. The molecule has 0 aliphatic rings. The van der Waals surface area contributed by atoms with E-state index in [0.717, 1.165) is 26.6 Å². The Labute approximate surface area is 129 Å². The minimum Gasteiger partial charge on any atom is -0.306 e. The largest absolute Gasteiger partial charge is 0.323 e. The lowest BCUT2D eigenvalue weighted by Crippen LogP contribution is -1.99.